The van der Waals surface area contributed by atoms with Crippen LogP contribution in [0.3, 0.4) is 0 Å². The van der Waals surface area contributed by atoms with Crippen molar-refractivity contribution in [1.29, 1.82) is 0 Å². The minimum absolute atomic E-state index is 0.913. The first-order valence-corrected chi connectivity index (χ1v) is 24.2. The van der Waals surface area contributed by atoms with Crippen molar-refractivity contribution in [2.75, 3.05) is 22.1 Å². The standard InChI is InChI=1S/C58H46N4S2/c1-3-20-47(21-4-1)59-57(61-51-34-30-45-26-24-41-16-8-18-43-28-32-49(51)55(45)53(41)43)63-36-10-14-39-12-7-13-40(38-39)15-11-37-64-58(60-48-22-5-2-6-23-48)62-52-35-31-46-27-25-42-17-9-19-44-29-33-50(52)56(46)54(42)44/h1-9,12-13,16-35,38H,10-11,14-15,36-37H2,(H,59,61)(H,60,62). The minimum Gasteiger partial charge on any atom is -0.335 e. The van der Waals surface area contributed by atoms with Crippen LogP contribution in [0.5, 0.6) is 0 Å². The minimum atomic E-state index is 0.913. The molecule has 0 radical (unpaired) electrons. The van der Waals surface area contributed by atoms with Crippen LogP contribution in [-0.4, -0.2) is 21.8 Å². The molecule has 0 saturated carbocycles. The quantitative estimate of drug-likeness (QED) is 0.0556. The van der Waals surface area contributed by atoms with E-state index in [0.717, 1.165) is 70.3 Å². The fourth-order valence-electron chi connectivity index (χ4n) is 9.17. The van der Waals surface area contributed by atoms with E-state index in [2.05, 4.69) is 193 Å². The molecule has 0 spiro atoms. The first-order valence-electron chi connectivity index (χ1n) is 22.2. The molecule has 0 aliphatic rings. The van der Waals surface area contributed by atoms with Crippen molar-refractivity contribution in [3.8, 4) is 0 Å². The normalized spacial score (nSPS) is 12.4. The van der Waals surface area contributed by atoms with Crippen LogP contribution < -0.4 is 10.6 Å². The van der Waals surface area contributed by atoms with E-state index in [1.54, 1.807) is 23.5 Å². The fourth-order valence-corrected chi connectivity index (χ4v) is 10.8. The molecule has 310 valence electrons. The maximum absolute atomic E-state index is 5.30. The topological polar surface area (TPSA) is 48.8 Å². The third-order valence-corrected chi connectivity index (χ3v) is 14.1. The zero-order chi connectivity index (χ0) is 42.7. The van der Waals surface area contributed by atoms with E-state index in [4.69, 9.17) is 9.98 Å². The summed E-state index contributed by atoms with van der Waals surface area (Å²) in [6.07, 6.45) is 4.13. The monoisotopic (exact) mass is 862 g/mol. The Morgan fingerprint density at radius 2 is 0.734 bits per heavy atom. The summed E-state index contributed by atoms with van der Waals surface area (Å²) in [5.74, 6) is 1.90. The summed E-state index contributed by atoms with van der Waals surface area (Å²) < 4.78 is 0. The second kappa shape index (κ2) is 18.1. The largest absolute Gasteiger partial charge is 0.335 e. The van der Waals surface area contributed by atoms with E-state index < -0.39 is 0 Å². The van der Waals surface area contributed by atoms with E-state index in [1.807, 2.05) is 12.1 Å². The number of anilines is 2. The summed E-state index contributed by atoms with van der Waals surface area (Å²) in [4.78, 5) is 10.6. The van der Waals surface area contributed by atoms with Crippen molar-refractivity contribution in [3.63, 3.8) is 0 Å². The number of nitrogens with zero attached hydrogens (tertiary/aromatic N) is 2. The average Bonchev–Trinajstić information content (AvgIpc) is 3.34. The van der Waals surface area contributed by atoms with E-state index >= 15 is 0 Å². The zero-order valence-corrected chi connectivity index (χ0v) is 37.1. The summed E-state index contributed by atoms with van der Waals surface area (Å²) in [6, 6.07) is 69.7. The SMILES string of the molecule is c1ccc(NC(=Nc2ccc3ccc4cccc5ccc2c3c45)SCCCc2cccc(CCCSC(=Nc3ccc4ccc5cccc6ccc3c4c56)Nc3ccccc3)c2)cc1. The molecule has 0 bridgehead atoms. The molecule has 64 heavy (non-hydrogen) atoms. The van der Waals surface area contributed by atoms with E-state index in [1.165, 1.54) is 75.8 Å². The molecule has 11 rings (SSSR count). The number of hydrogen-bond donors (Lipinski definition) is 2. The van der Waals surface area contributed by atoms with Gasteiger partial charge in [0.15, 0.2) is 10.3 Å². The molecule has 0 unspecified atom stereocenters. The van der Waals surface area contributed by atoms with Gasteiger partial charge in [0.25, 0.3) is 0 Å². The van der Waals surface area contributed by atoms with Gasteiger partial charge in [-0.3, -0.25) is 0 Å². The van der Waals surface area contributed by atoms with Gasteiger partial charge in [-0.15, -0.1) is 0 Å². The Bertz CT molecular complexity index is 3200. The summed E-state index contributed by atoms with van der Waals surface area (Å²) in [7, 11) is 0. The summed E-state index contributed by atoms with van der Waals surface area (Å²) in [5.41, 5.74) is 6.83. The molecule has 2 N–H and O–H groups in total. The first kappa shape index (κ1) is 40.0. The van der Waals surface area contributed by atoms with Crippen LogP contribution in [-0.2, 0) is 12.8 Å². The Morgan fingerprint density at radius 3 is 1.17 bits per heavy atom. The van der Waals surface area contributed by atoms with Crippen LogP contribution in [0.15, 0.2) is 204 Å². The number of aliphatic imine (C=N–C) groups is 2. The summed E-state index contributed by atoms with van der Waals surface area (Å²) >= 11 is 3.59. The highest BCUT2D eigenvalue weighted by Crippen LogP contribution is 2.41. The van der Waals surface area contributed by atoms with Gasteiger partial charge >= 0.3 is 0 Å². The molecule has 0 aliphatic heterocycles. The number of thioether (sulfide) groups is 2. The third-order valence-electron chi connectivity index (χ3n) is 12.2. The van der Waals surface area contributed by atoms with Crippen molar-refractivity contribution in [2.24, 2.45) is 9.98 Å². The van der Waals surface area contributed by atoms with Gasteiger partial charge in [0.05, 0.1) is 11.4 Å². The van der Waals surface area contributed by atoms with Gasteiger partial charge in [-0.1, -0.05) is 181 Å². The van der Waals surface area contributed by atoms with Gasteiger partial charge < -0.3 is 10.6 Å². The van der Waals surface area contributed by atoms with Gasteiger partial charge in [0.1, 0.15) is 0 Å². The van der Waals surface area contributed by atoms with Crippen molar-refractivity contribution in [1.82, 2.24) is 0 Å². The maximum atomic E-state index is 5.30. The van der Waals surface area contributed by atoms with Gasteiger partial charge in [-0.2, -0.15) is 0 Å². The van der Waals surface area contributed by atoms with Gasteiger partial charge in [0, 0.05) is 33.7 Å². The Hall–Kier alpha value is -6.86. The Balaban J connectivity index is 0.758. The number of aryl methyl sites for hydroxylation is 2. The molecule has 0 aliphatic carbocycles. The van der Waals surface area contributed by atoms with Gasteiger partial charge in [-0.05, 0) is 127 Å². The Labute approximate surface area is 382 Å². The van der Waals surface area contributed by atoms with E-state index in [-0.39, 0.29) is 0 Å². The second-order valence-electron chi connectivity index (χ2n) is 16.4. The number of amidine groups is 2. The molecule has 0 atom stereocenters. The fraction of sp³-hybridized carbons (Fsp3) is 0.103. The average molecular weight is 863 g/mol. The molecule has 11 aromatic rings. The smallest absolute Gasteiger partial charge is 0.166 e. The third kappa shape index (κ3) is 8.35. The molecule has 0 aromatic heterocycles. The number of rotatable bonds is 12. The molecular weight excluding hydrogens is 817 g/mol. The zero-order valence-electron chi connectivity index (χ0n) is 35.4. The number of para-hydroxylation sites is 2. The highest BCUT2D eigenvalue weighted by Gasteiger charge is 2.14. The lowest BCUT2D eigenvalue weighted by atomic mass is 9.94. The molecule has 0 fully saturated rings. The number of benzene rings is 11. The first-order chi connectivity index (χ1) is 31.7. The number of nitrogens with one attached hydrogen (secondary N) is 2. The van der Waals surface area contributed by atoms with Crippen LogP contribution in [0.2, 0.25) is 0 Å². The molecule has 0 heterocycles. The van der Waals surface area contributed by atoms with Crippen LogP contribution in [0.4, 0.5) is 22.7 Å². The van der Waals surface area contributed by atoms with Crippen molar-refractivity contribution < 1.29 is 0 Å². The van der Waals surface area contributed by atoms with E-state index in [0.29, 0.717) is 0 Å². The molecule has 6 heteroatoms. The molecule has 0 amide bonds. The molecular formula is C58H46N4S2. The summed E-state index contributed by atoms with van der Waals surface area (Å²) in [5, 5.41) is 24.3. The van der Waals surface area contributed by atoms with Crippen molar-refractivity contribution in [2.45, 2.75) is 25.7 Å². The lowest BCUT2D eigenvalue weighted by Gasteiger charge is -2.14. The van der Waals surface area contributed by atoms with Crippen LogP contribution in [0.25, 0.3) is 64.6 Å². The molecule has 0 saturated heterocycles. The van der Waals surface area contributed by atoms with Crippen LogP contribution >= 0.6 is 23.5 Å². The second-order valence-corrected chi connectivity index (χ2v) is 18.6. The predicted molar refractivity (Wildman–Crippen MR) is 283 cm³/mol. The number of hydrogen-bond acceptors (Lipinski definition) is 4. The van der Waals surface area contributed by atoms with E-state index in [9.17, 15) is 0 Å². The van der Waals surface area contributed by atoms with Crippen LogP contribution in [0, 0.1) is 0 Å². The predicted octanol–water partition coefficient (Wildman–Crippen LogP) is 16.4. The lowest BCUT2D eigenvalue weighted by Crippen LogP contribution is -2.09. The van der Waals surface area contributed by atoms with Crippen molar-refractivity contribution in [3.05, 3.63) is 205 Å². The van der Waals surface area contributed by atoms with Gasteiger partial charge in [-0.25, -0.2) is 9.98 Å². The van der Waals surface area contributed by atoms with Gasteiger partial charge in [0.2, 0.25) is 0 Å². The van der Waals surface area contributed by atoms with Crippen molar-refractivity contribution >= 4 is 121 Å². The molecule has 4 nitrogen and oxygen atoms in total. The highest BCUT2D eigenvalue weighted by molar-refractivity contribution is 8.14. The Morgan fingerprint density at radius 1 is 0.359 bits per heavy atom. The molecule has 11 aromatic carbocycles. The highest BCUT2D eigenvalue weighted by atomic mass is 32.2. The summed E-state index contributed by atoms with van der Waals surface area (Å²) in [6.45, 7) is 0. The lowest BCUT2D eigenvalue weighted by molar-refractivity contribution is 0.907. The van der Waals surface area contributed by atoms with Crippen LogP contribution in [0.1, 0.15) is 24.0 Å². The maximum Gasteiger partial charge on any atom is 0.166 e. The Kier molecular flexibility index (Phi) is 11.3.